The highest BCUT2D eigenvalue weighted by molar-refractivity contribution is 9.11. The number of carbonyl (C=O) groups excluding carboxylic acids is 6. The molecule has 0 bridgehead atoms. The number of H-pyrrole nitrogens is 1. The lowest BCUT2D eigenvalue weighted by Crippen LogP contribution is -2.28. The lowest BCUT2D eigenvalue weighted by molar-refractivity contribution is -0.135. The first kappa shape index (κ1) is 107. The molecule has 12 heterocycles. The number of halogens is 11. The van der Waals surface area contributed by atoms with Gasteiger partial charge in [0.05, 0.1) is 111 Å². The highest BCUT2D eigenvalue weighted by Gasteiger charge is 2.57. The van der Waals surface area contributed by atoms with Gasteiger partial charge < -0.3 is 57.1 Å². The molecule has 12 aromatic heterocycles. The van der Waals surface area contributed by atoms with E-state index in [-0.39, 0.29) is 114 Å². The summed E-state index contributed by atoms with van der Waals surface area (Å²) in [6, 6.07) is 37.7. The molecule has 3 N–H and O–H groups in total. The molecule has 3 aliphatic rings. The molecule has 18 aromatic rings. The molecule has 6 aromatic carbocycles. The minimum atomic E-state index is -1.06. The maximum absolute atomic E-state index is 15.2. The molecule has 0 radical (unpaired) electrons. The number of aromatic hydroxyl groups is 1. The van der Waals surface area contributed by atoms with E-state index in [1.807, 2.05) is 43.1 Å². The Morgan fingerprint density at radius 2 is 0.713 bits per heavy atom. The Morgan fingerprint density at radius 1 is 0.367 bits per heavy atom. The monoisotopic (exact) mass is 2270 g/mol. The molecule has 41 heteroatoms. The lowest BCUT2D eigenvalue weighted by Gasteiger charge is -2.14. The van der Waals surface area contributed by atoms with Gasteiger partial charge >= 0.3 is 0 Å². The van der Waals surface area contributed by atoms with Crippen LogP contribution in [0.15, 0.2) is 300 Å². The van der Waals surface area contributed by atoms with Gasteiger partial charge in [0, 0.05) is 161 Å². The first-order valence-electron chi connectivity index (χ1n) is 46.7. The minimum Gasteiger partial charge on any atom is -0.505 e. The van der Waals surface area contributed by atoms with Crippen molar-refractivity contribution in [2.75, 3.05) is 26.4 Å². The van der Waals surface area contributed by atoms with Crippen molar-refractivity contribution in [3.63, 3.8) is 0 Å². The van der Waals surface area contributed by atoms with E-state index in [1.54, 1.807) is 166 Å². The Kier molecular flexibility index (Phi) is 35.5. The summed E-state index contributed by atoms with van der Waals surface area (Å²) in [6.07, 6.45) is 36.5. The summed E-state index contributed by atoms with van der Waals surface area (Å²) in [5, 5.41) is 21.4. The van der Waals surface area contributed by atoms with Crippen LogP contribution in [0.5, 0.6) is 46.4 Å². The average Bonchev–Trinajstić information content (AvgIpc) is 1.60. The zero-order valence-electron chi connectivity index (χ0n) is 79.4. The van der Waals surface area contributed by atoms with Gasteiger partial charge in [0.1, 0.15) is 62.2 Å². The van der Waals surface area contributed by atoms with Crippen LogP contribution >= 0.6 is 71.0 Å². The number of carbonyl (C=O) groups is 6. The zero-order valence-corrected chi connectivity index (χ0v) is 85.6. The summed E-state index contributed by atoms with van der Waals surface area (Å²) in [7, 11) is 0. The van der Waals surface area contributed by atoms with E-state index in [2.05, 4.69) is 108 Å². The Morgan fingerprint density at radius 3 is 1.11 bits per heavy atom. The van der Waals surface area contributed by atoms with Gasteiger partial charge in [0.25, 0.3) is 5.56 Å². The van der Waals surface area contributed by atoms with Crippen molar-refractivity contribution in [3.8, 4) is 46.4 Å². The molecule has 30 nitrogen and oxygen atoms in total. The summed E-state index contributed by atoms with van der Waals surface area (Å²) in [5.74, 6) is -3.06. The first-order chi connectivity index (χ1) is 72.5. The van der Waals surface area contributed by atoms with E-state index >= 15 is 8.78 Å². The molecule has 0 unspecified atom stereocenters. The molecular formula is C109H89Br3Cl2F6N16O14. The number of ether oxygens (including phenoxy) is 5. The number of rotatable bonds is 36. The highest BCUT2D eigenvalue weighted by Crippen LogP contribution is 2.52. The third-order valence-electron chi connectivity index (χ3n) is 24.7. The number of pyridine rings is 8. The number of imidazole rings is 4. The van der Waals surface area contributed by atoms with Crippen molar-refractivity contribution < 1.29 is 89.0 Å². The summed E-state index contributed by atoms with van der Waals surface area (Å²) in [4.78, 5) is 137. The fraction of sp³-hybridized carbons (Fsp3) is 0.211. The number of aliphatic hydroxyl groups excluding tert-OH is 1. The maximum Gasteiger partial charge on any atom is 0.264 e. The number of fused-ring (bicyclic) bond motifs is 4. The van der Waals surface area contributed by atoms with Gasteiger partial charge in [-0.1, -0.05) is 77.8 Å². The number of phenols is 1. The number of nitrogens with zero attached hydrogens (tertiary/aromatic N) is 15. The standard InChI is InChI=1S/C32H25BrF2N4O4.C32H26F2N4O4.C19H16F2O3.C13H10BrClN4O.C8H4BrClN2O.C5H8N2O/c33-29-30-23(18-38-31(29)42-14-13-39-12-11-36-19-39)25(7-10-37-30)43-26-6-3-21(15-24(26)35)17-28(41)32(8-9-32)27(40)16-20-1-4-22(34)5-2-20;33-23-4-1-21(2-5-23)16-29(39)32(8-9-32)30(40)17-22-3-6-28(25(34)15-22)42-27-7-10-36-26-18-31(37-19-24(26)27)41-14-13-38-12-11-35-20-38;20-14-4-1-12(2-5-14)10-17(23)19(7-8-19)18(24)11-13-3-6-16(22)15(21)9-13;14-11-12-9(10(15)1-2-17-12)7-18-13(11)20-6-5-19-4-3-16-8-19;9-6-7-4(3-12-8(6)13)5(10)1-2-11-7;8-4-3-7-2-1-6-5-7/h1-7,10-12,15,18-19H,8-9,13-14,16-17H2;1-7,10-12,15,18-20H,8-9,13-14,16-17H2;1-6,9,22H,7-8,10-11H2;1-4,7-8H,5-6H2;1-3H,(H,12,13);1-2,5,8H,3-4H2. The van der Waals surface area contributed by atoms with Crippen LogP contribution in [0, 0.1) is 51.1 Å². The predicted molar refractivity (Wildman–Crippen MR) is 554 cm³/mol. The SMILES string of the molecule is Clc1ccnc2c(Br)c(OCCn3ccnc3)ncc12.O=C(Cc1ccc(F)cc1)C1(C(=O)Cc2ccc(O)c(F)c2)CC1.O=C(Cc1ccc(F)cc1)C1(C(=O)Cc2ccc(Oc3ccnc4c(Br)c(OCCn5ccnc5)ncc34)c(F)c2)CC1.O=C(Cc1ccc(F)cc1)C1(C(=O)Cc2ccc(Oc3ccnc4cc(OCCn5ccnc5)ncc34)c(F)c2)CC1.O=c1[nH]cc2c(Cl)ccnc2c1Br.OCCn1ccnc1. The second kappa shape index (κ2) is 49.6. The molecule has 3 aliphatic carbocycles. The molecule has 0 spiro atoms. The maximum atomic E-state index is 15.2. The van der Waals surface area contributed by atoms with Gasteiger partial charge in [0.15, 0.2) is 69.4 Å². The van der Waals surface area contributed by atoms with E-state index in [1.165, 1.54) is 84.9 Å². The van der Waals surface area contributed by atoms with Gasteiger partial charge in [-0.2, -0.15) is 0 Å². The third-order valence-corrected chi connectivity index (χ3v) is 27.6. The van der Waals surface area contributed by atoms with Crippen molar-refractivity contribution in [2.24, 2.45) is 16.2 Å². The van der Waals surface area contributed by atoms with Crippen LogP contribution in [0.2, 0.25) is 10.0 Å². The van der Waals surface area contributed by atoms with Gasteiger partial charge in [-0.15, -0.1) is 0 Å². The number of hydrogen-bond acceptors (Lipinski definition) is 25. The number of benzene rings is 6. The lowest BCUT2D eigenvalue weighted by atomic mass is 9.88. The molecule has 766 valence electrons. The molecule has 0 saturated heterocycles. The number of aromatic amines is 1. The Balaban J connectivity index is 0.000000138. The summed E-state index contributed by atoms with van der Waals surface area (Å²) < 4.78 is 121. The van der Waals surface area contributed by atoms with Crippen LogP contribution in [0.4, 0.5) is 26.3 Å². The number of ketones is 6. The highest BCUT2D eigenvalue weighted by atomic mass is 79.9. The second-order valence-electron chi connectivity index (χ2n) is 34.9. The Labute approximate surface area is 886 Å². The van der Waals surface area contributed by atoms with E-state index in [0.717, 1.165) is 22.4 Å². The molecule has 150 heavy (non-hydrogen) atoms. The van der Waals surface area contributed by atoms with Crippen LogP contribution in [0.1, 0.15) is 71.9 Å². The van der Waals surface area contributed by atoms with E-state index < -0.39 is 39.4 Å². The molecule has 3 fully saturated rings. The average molecular weight is 2270 g/mol. The van der Waals surface area contributed by atoms with Crippen molar-refractivity contribution in [3.05, 3.63) is 384 Å². The molecular weight excluding hydrogens is 2180 g/mol. The molecule has 0 amide bonds. The van der Waals surface area contributed by atoms with Crippen molar-refractivity contribution in [2.45, 2.75) is 103 Å². The zero-order chi connectivity index (χ0) is 106. The largest absolute Gasteiger partial charge is 0.505 e. The van der Waals surface area contributed by atoms with Crippen LogP contribution in [0.3, 0.4) is 0 Å². The Bertz CT molecular complexity index is 7950. The normalized spacial score (nSPS) is 13.0. The van der Waals surface area contributed by atoms with Crippen LogP contribution in [-0.4, -0.2) is 149 Å². The molecule has 21 rings (SSSR count). The molecule has 0 atom stereocenters. The van der Waals surface area contributed by atoms with Gasteiger partial charge in [0.2, 0.25) is 17.6 Å². The predicted octanol–water partition coefficient (Wildman–Crippen LogP) is 21.0. The molecule has 0 aliphatic heterocycles. The van der Waals surface area contributed by atoms with Gasteiger partial charge in [-0.25, -0.2) is 61.2 Å². The van der Waals surface area contributed by atoms with Crippen molar-refractivity contribution in [1.29, 1.82) is 0 Å². The second-order valence-corrected chi connectivity index (χ2v) is 38.1. The van der Waals surface area contributed by atoms with Crippen molar-refractivity contribution in [1.82, 2.24) is 78.1 Å². The summed E-state index contributed by atoms with van der Waals surface area (Å²) in [6.45, 7) is 3.99. The van der Waals surface area contributed by atoms with Crippen LogP contribution in [-0.2, 0) is 93.5 Å². The van der Waals surface area contributed by atoms with E-state index in [9.17, 15) is 56.2 Å². The number of aromatic nitrogens is 16. The first-order valence-corrected chi connectivity index (χ1v) is 49.9. The fourth-order valence-electron chi connectivity index (χ4n) is 16.0. The number of nitrogens with one attached hydrogen (secondary N) is 1. The van der Waals surface area contributed by atoms with E-state index in [0.29, 0.717) is 198 Å². The smallest absolute Gasteiger partial charge is 0.264 e. The van der Waals surface area contributed by atoms with Crippen LogP contribution in [0.25, 0.3) is 43.6 Å². The number of hydrogen-bond donors (Lipinski definition) is 3. The number of Topliss-reactive ketones (excluding diaryl/α,β-unsaturated/α-hetero) is 6. The minimum absolute atomic E-state index is 0.0205. The van der Waals surface area contributed by atoms with Gasteiger partial charge in [-0.05, 0) is 217 Å². The number of aliphatic hydroxyl groups is 1. The number of phenolic OH excluding ortho intramolecular Hbond substituents is 1. The topological polar surface area (TPSA) is 383 Å². The summed E-state index contributed by atoms with van der Waals surface area (Å²) >= 11 is 22.1. The third kappa shape index (κ3) is 27.4. The Hall–Kier alpha value is -15.4. The van der Waals surface area contributed by atoms with Gasteiger partial charge in [-0.3, -0.25) is 53.5 Å². The molecule has 3 saturated carbocycles. The van der Waals surface area contributed by atoms with Crippen molar-refractivity contribution >= 4 is 149 Å². The fourth-order valence-corrected chi connectivity index (χ4v) is 17.8. The van der Waals surface area contributed by atoms with Crippen LogP contribution < -0.4 is 29.2 Å². The van der Waals surface area contributed by atoms with E-state index in [4.69, 9.17) is 52.0 Å². The quantitative estimate of drug-likeness (QED) is 0.0242. The summed E-state index contributed by atoms with van der Waals surface area (Å²) in [5.41, 5.74) is 2.40.